The zero-order valence-electron chi connectivity index (χ0n) is 10.7. The lowest BCUT2D eigenvalue weighted by atomic mass is 9.86. The quantitative estimate of drug-likeness (QED) is 0.910. The number of nitrogens with two attached hydrogens (primary N) is 1. The van der Waals surface area contributed by atoms with Gasteiger partial charge in [-0.05, 0) is 49.0 Å². The second kappa shape index (κ2) is 5.54. The van der Waals surface area contributed by atoms with E-state index in [9.17, 15) is 0 Å². The first kappa shape index (κ1) is 12.4. The Morgan fingerprint density at radius 1 is 1.33 bits per heavy atom. The molecule has 0 spiro atoms. The smallest absolute Gasteiger partial charge is 0.122 e. The molecule has 0 amide bonds. The molecule has 3 rings (SSSR count). The van der Waals surface area contributed by atoms with Crippen LogP contribution >= 0.6 is 11.8 Å². The third kappa shape index (κ3) is 2.52. The van der Waals surface area contributed by atoms with Gasteiger partial charge >= 0.3 is 0 Å². The molecule has 3 atom stereocenters. The Morgan fingerprint density at radius 3 is 3.06 bits per heavy atom. The summed E-state index contributed by atoms with van der Waals surface area (Å²) in [5.74, 6) is 2.95. The fourth-order valence-electron chi connectivity index (χ4n) is 3.08. The zero-order chi connectivity index (χ0) is 12.4. The van der Waals surface area contributed by atoms with Crippen molar-refractivity contribution in [3.8, 4) is 5.75 Å². The molecule has 98 valence electrons. The molecule has 1 aromatic carbocycles. The van der Waals surface area contributed by atoms with E-state index >= 15 is 0 Å². The van der Waals surface area contributed by atoms with Crippen molar-refractivity contribution in [3.63, 3.8) is 0 Å². The van der Waals surface area contributed by atoms with Crippen LogP contribution in [0.4, 0.5) is 0 Å². The second-order valence-corrected chi connectivity index (χ2v) is 6.67. The van der Waals surface area contributed by atoms with Crippen LogP contribution in [-0.4, -0.2) is 23.7 Å². The number of para-hydroxylation sites is 1. The van der Waals surface area contributed by atoms with E-state index in [2.05, 4.69) is 30.0 Å². The van der Waals surface area contributed by atoms with Crippen molar-refractivity contribution < 1.29 is 4.74 Å². The average Bonchev–Trinajstić information content (AvgIpc) is 2.93. The molecule has 0 bridgehead atoms. The van der Waals surface area contributed by atoms with Crippen molar-refractivity contribution in [1.29, 1.82) is 0 Å². The van der Waals surface area contributed by atoms with Gasteiger partial charge in [0.1, 0.15) is 5.75 Å². The maximum absolute atomic E-state index is 6.41. The normalized spacial score (nSPS) is 28.5. The van der Waals surface area contributed by atoms with E-state index in [1.54, 1.807) is 0 Å². The van der Waals surface area contributed by atoms with E-state index < -0.39 is 0 Å². The molecule has 2 heterocycles. The van der Waals surface area contributed by atoms with Gasteiger partial charge in [-0.25, -0.2) is 0 Å². The monoisotopic (exact) mass is 263 g/mol. The lowest BCUT2D eigenvalue weighted by Gasteiger charge is -2.29. The molecule has 0 saturated carbocycles. The Morgan fingerprint density at radius 2 is 2.22 bits per heavy atom. The van der Waals surface area contributed by atoms with Crippen LogP contribution in [0.15, 0.2) is 24.3 Å². The largest absolute Gasteiger partial charge is 0.493 e. The maximum atomic E-state index is 6.41. The number of hydrogen-bond donors (Lipinski definition) is 1. The van der Waals surface area contributed by atoms with Gasteiger partial charge in [0.05, 0.1) is 6.61 Å². The summed E-state index contributed by atoms with van der Waals surface area (Å²) >= 11 is 2.06. The number of benzene rings is 1. The van der Waals surface area contributed by atoms with Crippen LogP contribution in [0.5, 0.6) is 5.75 Å². The molecule has 1 fully saturated rings. The number of rotatable bonds is 3. The first-order chi connectivity index (χ1) is 8.84. The summed E-state index contributed by atoms with van der Waals surface area (Å²) in [6.45, 7) is 0.839. The molecule has 0 radical (unpaired) electrons. The highest BCUT2D eigenvalue weighted by atomic mass is 32.2. The molecular weight excluding hydrogens is 242 g/mol. The molecule has 0 aliphatic carbocycles. The van der Waals surface area contributed by atoms with Crippen LogP contribution < -0.4 is 10.5 Å². The van der Waals surface area contributed by atoms with Gasteiger partial charge in [-0.15, -0.1) is 0 Å². The van der Waals surface area contributed by atoms with Crippen LogP contribution in [0.2, 0.25) is 0 Å². The van der Waals surface area contributed by atoms with Crippen LogP contribution in [0.1, 0.15) is 37.2 Å². The minimum atomic E-state index is 0.341. The van der Waals surface area contributed by atoms with Crippen molar-refractivity contribution in [2.45, 2.75) is 42.9 Å². The van der Waals surface area contributed by atoms with E-state index in [0.717, 1.165) is 25.2 Å². The van der Waals surface area contributed by atoms with Crippen molar-refractivity contribution in [2.75, 3.05) is 12.4 Å². The van der Waals surface area contributed by atoms with Gasteiger partial charge in [-0.3, -0.25) is 0 Å². The molecule has 1 saturated heterocycles. The lowest BCUT2D eigenvalue weighted by molar-refractivity contribution is 0.258. The first-order valence-corrected chi connectivity index (χ1v) is 7.98. The zero-order valence-corrected chi connectivity index (χ0v) is 11.5. The van der Waals surface area contributed by atoms with Gasteiger partial charge in [0.25, 0.3) is 0 Å². The molecule has 2 aliphatic heterocycles. The number of hydrogen-bond acceptors (Lipinski definition) is 3. The number of ether oxygens (including phenoxy) is 1. The molecule has 18 heavy (non-hydrogen) atoms. The van der Waals surface area contributed by atoms with Gasteiger partial charge in [-0.2, -0.15) is 11.8 Å². The summed E-state index contributed by atoms with van der Waals surface area (Å²) in [5.41, 5.74) is 7.77. The van der Waals surface area contributed by atoms with Crippen LogP contribution in [0.3, 0.4) is 0 Å². The van der Waals surface area contributed by atoms with E-state index in [0.29, 0.717) is 17.2 Å². The number of thioether (sulfide) groups is 1. The van der Waals surface area contributed by atoms with E-state index in [-0.39, 0.29) is 0 Å². The van der Waals surface area contributed by atoms with E-state index in [4.69, 9.17) is 10.5 Å². The van der Waals surface area contributed by atoms with Crippen LogP contribution in [-0.2, 0) is 0 Å². The topological polar surface area (TPSA) is 35.2 Å². The van der Waals surface area contributed by atoms with Crippen molar-refractivity contribution in [3.05, 3.63) is 29.8 Å². The molecule has 0 aromatic heterocycles. The van der Waals surface area contributed by atoms with E-state index in [1.165, 1.54) is 24.2 Å². The SMILES string of the molecule is NC(CC1CCOc2ccccc21)C1CCCS1. The molecule has 1 aromatic rings. The molecule has 3 unspecified atom stereocenters. The van der Waals surface area contributed by atoms with Crippen LogP contribution in [0, 0.1) is 0 Å². The Kier molecular flexibility index (Phi) is 3.80. The Balaban J connectivity index is 1.70. The highest BCUT2D eigenvalue weighted by molar-refractivity contribution is 8.00. The van der Waals surface area contributed by atoms with Gasteiger partial charge in [0, 0.05) is 11.3 Å². The summed E-state index contributed by atoms with van der Waals surface area (Å²) in [5, 5.41) is 0.681. The van der Waals surface area contributed by atoms with Gasteiger partial charge in [0.2, 0.25) is 0 Å². The summed E-state index contributed by atoms with van der Waals surface area (Å²) in [6.07, 6.45) is 4.87. The lowest BCUT2D eigenvalue weighted by Crippen LogP contribution is -2.33. The van der Waals surface area contributed by atoms with Gasteiger partial charge in [-0.1, -0.05) is 18.2 Å². The number of fused-ring (bicyclic) bond motifs is 1. The third-order valence-electron chi connectivity index (χ3n) is 4.08. The summed E-state index contributed by atoms with van der Waals surface area (Å²) < 4.78 is 5.71. The molecule has 2 aliphatic rings. The highest BCUT2D eigenvalue weighted by Crippen LogP contribution is 2.38. The minimum absolute atomic E-state index is 0.341. The maximum Gasteiger partial charge on any atom is 0.122 e. The Hall–Kier alpha value is -0.670. The molecular formula is C15H21NOS. The first-order valence-electron chi connectivity index (χ1n) is 6.93. The molecule has 2 N–H and O–H groups in total. The summed E-state index contributed by atoms with van der Waals surface area (Å²) in [6, 6.07) is 8.78. The van der Waals surface area contributed by atoms with Crippen molar-refractivity contribution >= 4 is 11.8 Å². The van der Waals surface area contributed by atoms with Gasteiger partial charge in [0.15, 0.2) is 0 Å². The molecule has 3 heteroatoms. The van der Waals surface area contributed by atoms with E-state index in [1.807, 2.05) is 6.07 Å². The predicted octanol–water partition coefficient (Wildman–Crippen LogP) is 3.17. The van der Waals surface area contributed by atoms with Crippen molar-refractivity contribution in [2.24, 2.45) is 5.73 Å². The Labute approximate surface area is 113 Å². The highest BCUT2D eigenvalue weighted by Gasteiger charge is 2.28. The standard InChI is InChI=1S/C15H21NOS/c16-13(15-6-3-9-18-15)10-11-7-8-17-14-5-2-1-4-12(11)14/h1-2,4-5,11,13,15H,3,6-10,16H2. The minimum Gasteiger partial charge on any atom is -0.493 e. The average molecular weight is 263 g/mol. The summed E-state index contributed by atoms with van der Waals surface area (Å²) in [7, 11) is 0. The van der Waals surface area contributed by atoms with Crippen molar-refractivity contribution in [1.82, 2.24) is 0 Å². The third-order valence-corrected chi connectivity index (χ3v) is 5.62. The Bertz CT molecular complexity index is 403. The second-order valence-electron chi connectivity index (χ2n) is 5.32. The van der Waals surface area contributed by atoms with Crippen LogP contribution in [0.25, 0.3) is 0 Å². The predicted molar refractivity (Wildman–Crippen MR) is 77.4 cm³/mol. The summed E-state index contributed by atoms with van der Waals surface area (Å²) in [4.78, 5) is 0. The van der Waals surface area contributed by atoms with Gasteiger partial charge < -0.3 is 10.5 Å². The molecule has 2 nitrogen and oxygen atoms in total. The fourth-order valence-corrected chi connectivity index (χ4v) is 4.41. The fraction of sp³-hybridized carbons (Fsp3) is 0.600.